The molecule has 0 N–H and O–H groups in total. The fourth-order valence-electron chi connectivity index (χ4n) is 4.53. The van der Waals surface area contributed by atoms with Crippen LogP contribution >= 0.6 is 0 Å². The van der Waals surface area contributed by atoms with Crippen LogP contribution in [-0.4, -0.2) is 84.7 Å². The third-order valence-corrected chi connectivity index (χ3v) is 6.44. The van der Waals surface area contributed by atoms with Gasteiger partial charge in [0.15, 0.2) is 0 Å². The largest absolute Gasteiger partial charge is 0.381 e. The number of piperazine rings is 1. The Morgan fingerprint density at radius 2 is 1.71 bits per heavy atom. The molecule has 4 fully saturated rings. The molecule has 2 heterocycles. The van der Waals surface area contributed by atoms with E-state index in [1.807, 2.05) is 0 Å². The van der Waals surface area contributed by atoms with Gasteiger partial charge in [0.25, 0.3) is 0 Å². The fourth-order valence-corrected chi connectivity index (χ4v) is 4.53. The van der Waals surface area contributed by atoms with E-state index in [9.17, 15) is 4.79 Å². The van der Waals surface area contributed by atoms with Crippen LogP contribution in [0.2, 0.25) is 0 Å². The van der Waals surface area contributed by atoms with Crippen LogP contribution in [0.5, 0.6) is 0 Å². The maximum atomic E-state index is 12.9. The van der Waals surface area contributed by atoms with Crippen molar-refractivity contribution in [2.45, 2.75) is 63.6 Å². The molecule has 5 nitrogen and oxygen atoms in total. The predicted octanol–water partition coefficient (Wildman–Crippen LogP) is 1.57. The van der Waals surface area contributed by atoms with Crippen molar-refractivity contribution in [1.82, 2.24) is 14.7 Å². The molecule has 24 heavy (non-hydrogen) atoms. The third kappa shape index (κ3) is 3.94. The van der Waals surface area contributed by atoms with Gasteiger partial charge in [-0.2, -0.15) is 0 Å². The molecule has 0 aromatic carbocycles. The Kier molecular flexibility index (Phi) is 5.11. The molecule has 0 aromatic rings. The van der Waals surface area contributed by atoms with Gasteiger partial charge in [-0.15, -0.1) is 0 Å². The highest BCUT2D eigenvalue weighted by molar-refractivity contribution is 5.79. The quantitative estimate of drug-likeness (QED) is 0.738. The molecule has 4 rings (SSSR count). The monoisotopic (exact) mass is 335 g/mol. The molecule has 0 bridgehead atoms. The Morgan fingerprint density at radius 3 is 2.29 bits per heavy atom. The molecule has 136 valence electrons. The van der Waals surface area contributed by atoms with Crippen LogP contribution in [0.15, 0.2) is 0 Å². The summed E-state index contributed by atoms with van der Waals surface area (Å²) in [7, 11) is 0. The second kappa shape index (κ2) is 7.30. The lowest BCUT2D eigenvalue weighted by Crippen LogP contribution is -2.54. The topological polar surface area (TPSA) is 36.0 Å². The normalized spacial score (nSPS) is 28.7. The van der Waals surface area contributed by atoms with Crippen molar-refractivity contribution in [2.24, 2.45) is 5.92 Å². The summed E-state index contributed by atoms with van der Waals surface area (Å²) in [6, 6.07) is 1.72. The maximum Gasteiger partial charge on any atom is 0.237 e. The first-order valence-corrected chi connectivity index (χ1v) is 10.1. The molecule has 2 saturated heterocycles. The van der Waals surface area contributed by atoms with E-state index in [0.29, 0.717) is 30.6 Å². The van der Waals surface area contributed by atoms with E-state index in [1.165, 1.54) is 38.5 Å². The molecule has 0 radical (unpaired) electrons. The second-order valence-corrected chi connectivity index (χ2v) is 8.27. The van der Waals surface area contributed by atoms with Gasteiger partial charge in [0, 0.05) is 57.5 Å². The van der Waals surface area contributed by atoms with E-state index < -0.39 is 0 Å². The number of carbonyl (C=O) groups excluding carboxylic acids is 1. The number of hydrogen-bond acceptors (Lipinski definition) is 4. The zero-order valence-electron chi connectivity index (χ0n) is 15.2. The third-order valence-electron chi connectivity index (χ3n) is 6.44. The van der Waals surface area contributed by atoms with Crippen molar-refractivity contribution in [1.29, 1.82) is 0 Å². The number of rotatable bonds is 6. The van der Waals surface area contributed by atoms with Crippen LogP contribution in [0.4, 0.5) is 0 Å². The van der Waals surface area contributed by atoms with Gasteiger partial charge in [-0.3, -0.25) is 14.6 Å². The molecule has 2 saturated carbocycles. The van der Waals surface area contributed by atoms with Gasteiger partial charge in [-0.1, -0.05) is 0 Å². The SMILES string of the molecule is C[C@@H](C1CC1)N(C(=O)CN1CCN(C2CCOCC2)CC1)C1CC1. The van der Waals surface area contributed by atoms with E-state index in [-0.39, 0.29) is 0 Å². The van der Waals surface area contributed by atoms with Crippen LogP contribution in [0.25, 0.3) is 0 Å². The van der Waals surface area contributed by atoms with Crippen LogP contribution in [0.1, 0.15) is 45.4 Å². The Morgan fingerprint density at radius 1 is 1.04 bits per heavy atom. The molecule has 2 aliphatic heterocycles. The summed E-state index contributed by atoms with van der Waals surface area (Å²) < 4.78 is 5.48. The van der Waals surface area contributed by atoms with E-state index in [1.54, 1.807) is 0 Å². The van der Waals surface area contributed by atoms with Crippen molar-refractivity contribution in [3.05, 3.63) is 0 Å². The number of hydrogen-bond donors (Lipinski definition) is 0. The molecule has 1 atom stereocenters. The summed E-state index contributed by atoms with van der Waals surface area (Å²) in [5.41, 5.74) is 0. The molecular formula is C19H33N3O2. The number of carbonyl (C=O) groups is 1. The maximum absolute atomic E-state index is 12.9. The number of ether oxygens (including phenoxy) is 1. The van der Waals surface area contributed by atoms with E-state index in [4.69, 9.17) is 4.74 Å². The smallest absolute Gasteiger partial charge is 0.237 e. The lowest BCUT2D eigenvalue weighted by Gasteiger charge is -2.41. The zero-order valence-corrected chi connectivity index (χ0v) is 15.2. The molecule has 0 unspecified atom stereocenters. The molecular weight excluding hydrogens is 302 g/mol. The summed E-state index contributed by atoms with van der Waals surface area (Å²) >= 11 is 0. The highest BCUT2D eigenvalue weighted by atomic mass is 16.5. The number of nitrogens with zero attached hydrogens (tertiary/aromatic N) is 3. The predicted molar refractivity (Wildman–Crippen MR) is 93.9 cm³/mol. The van der Waals surface area contributed by atoms with E-state index in [0.717, 1.165) is 45.3 Å². The van der Waals surface area contributed by atoms with Gasteiger partial charge in [0.2, 0.25) is 5.91 Å². The van der Waals surface area contributed by atoms with Gasteiger partial charge < -0.3 is 9.64 Å². The Bertz CT molecular complexity index is 436. The molecule has 0 spiro atoms. The highest BCUT2D eigenvalue weighted by Gasteiger charge is 2.42. The average Bonchev–Trinajstić information content (AvgIpc) is 3.48. The molecule has 1 amide bonds. The van der Waals surface area contributed by atoms with E-state index in [2.05, 4.69) is 21.6 Å². The molecule has 2 aliphatic carbocycles. The van der Waals surface area contributed by atoms with Gasteiger partial charge in [-0.25, -0.2) is 0 Å². The lowest BCUT2D eigenvalue weighted by atomic mass is 10.1. The first-order valence-electron chi connectivity index (χ1n) is 10.1. The van der Waals surface area contributed by atoms with Crippen LogP contribution in [0, 0.1) is 5.92 Å². The summed E-state index contributed by atoms with van der Waals surface area (Å²) in [6.45, 7) is 9.04. The van der Waals surface area contributed by atoms with Crippen molar-refractivity contribution < 1.29 is 9.53 Å². The van der Waals surface area contributed by atoms with Gasteiger partial charge in [0.05, 0.1) is 6.54 Å². The summed E-state index contributed by atoms with van der Waals surface area (Å²) in [4.78, 5) is 20.2. The van der Waals surface area contributed by atoms with Crippen molar-refractivity contribution in [3.8, 4) is 0 Å². The number of amides is 1. The van der Waals surface area contributed by atoms with E-state index >= 15 is 0 Å². The minimum atomic E-state index is 0.386. The first kappa shape index (κ1) is 16.8. The molecule has 0 aromatic heterocycles. The van der Waals surface area contributed by atoms with Crippen LogP contribution in [0.3, 0.4) is 0 Å². The van der Waals surface area contributed by atoms with Crippen molar-refractivity contribution >= 4 is 5.91 Å². The van der Waals surface area contributed by atoms with Gasteiger partial charge in [-0.05, 0) is 51.4 Å². The Hall–Kier alpha value is -0.650. The minimum Gasteiger partial charge on any atom is -0.381 e. The highest BCUT2D eigenvalue weighted by Crippen LogP contribution is 2.39. The van der Waals surface area contributed by atoms with Crippen molar-refractivity contribution in [2.75, 3.05) is 45.9 Å². The molecule has 4 aliphatic rings. The van der Waals surface area contributed by atoms with Crippen LogP contribution in [-0.2, 0) is 9.53 Å². The summed E-state index contributed by atoms with van der Waals surface area (Å²) in [5.74, 6) is 1.16. The first-order chi connectivity index (χ1) is 11.7. The van der Waals surface area contributed by atoms with Gasteiger partial charge in [0.1, 0.15) is 0 Å². The van der Waals surface area contributed by atoms with Crippen molar-refractivity contribution in [3.63, 3.8) is 0 Å². The molecule has 5 heteroatoms. The summed E-state index contributed by atoms with van der Waals surface area (Å²) in [6.07, 6.45) is 7.43. The minimum absolute atomic E-state index is 0.386. The lowest BCUT2D eigenvalue weighted by molar-refractivity contribution is -0.136. The summed E-state index contributed by atoms with van der Waals surface area (Å²) in [5, 5.41) is 0. The zero-order chi connectivity index (χ0) is 16.5. The standard InChI is InChI=1S/C19H33N3O2/c1-15(16-2-3-16)22(18-4-5-18)19(23)14-20-8-10-21(11-9-20)17-6-12-24-13-7-17/h15-18H,2-14H2,1H3/t15-/m0/s1. The van der Waals surface area contributed by atoms with Gasteiger partial charge >= 0.3 is 0 Å². The fraction of sp³-hybridized carbons (Fsp3) is 0.947. The Balaban J connectivity index is 1.25. The van der Waals surface area contributed by atoms with Crippen LogP contribution < -0.4 is 0 Å². The second-order valence-electron chi connectivity index (χ2n) is 8.27. The average molecular weight is 335 g/mol. The Labute approximate surface area is 146 Å².